The van der Waals surface area contributed by atoms with Crippen molar-refractivity contribution < 1.29 is 19.5 Å². The first-order chi connectivity index (χ1) is 17.2. The van der Waals surface area contributed by atoms with Gasteiger partial charge in [0.05, 0.1) is 24.5 Å². The van der Waals surface area contributed by atoms with Crippen molar-refractivity contribution in [3.63, 3.8) is 0 Å². The molecule has 0 aliphatic heterocycles. The number of amides is 2. The highest BCUT2D eigenvalue weighted by Crippen LogP contribution is 2.34. The SMILES string of the molecule is CCCC(C)(C)[C@@H](C(=O)C(=O)Nc1ccn[nH]1)N(C(=O)O)[C@@H](CC)Cn1ccc(-c2ccncc2)n1. The lowest BCUT2D eigenvalue weighted by molar-refractivity contribution is -0.141. The van der Waals surface area contributed by atoms with Crippen molar-refractivity contribution >= 4 is 23.6 Å². The van der Waals surface area contributed by atoms with Crippen LogP contribution in [0.25, 0.3) is 11.3 Å². The van der Waals surface area contributed by atoms with Crippen LogP contribution in [-0.2, 0) is 16.1 Å². The van der Waals surface area contributed by atoms with Crippen LogP contribution in [0.2, 0.25) is 0 Å². The van der Waals surface area contributed by atoms with Crippen LogP contribution < -0.4 is 5.32 Å². The lowest BCUT2D eigenvalue weighted by atomic mass is 9.76. The summed E-state index contributed by atoms with van der Waals surface area (Å²) < 4.78 is 1.67. The van der Waals surface area contributed by atoms with Gasteiger partial charge in [0.25, 0.3) is 5.91 Å². The molecule has 3 rings (SSSR count). The zero-order valence-electron chi connectivity index (χ0n) is 21.0. The second-order valence-corrected chi connectivity index (χ2v) is 9.34. The third-order valence-corrected chi connectivity index (χ3v) is 6.23. The summed E-state index contributed by atoms with van der Waals surface area (Å²) in [5.74, 6) is -1.45. The Bertz CT molecular complexity index is 1160. The van der Waals surface area contributed by atoms with E-state index in [0.717, 1.165) is 22.6 Å². The fourth-order valence-corrected chi connectivity index (χ4v) is 4.52. The van der Waals surface area contributed by atoms with E-state index >= 15 is 0 Å². The predicted octanol–water partition coefficient (Wildman–Crippen LogP) is 3.83. The van der Waals surface area contributed by atoms with E-state index < -0.39 is 35.3 Å². The maximum absolute atomic E-state index is 13.5. The number of hydrogen-bond donors (Lipinski definition) is 3. The van der Waals surface area contributed by atoms with Crippen LogP contribution in [0.4, 0.5) is 10.6 Å². The van der Waals surface area contributed by atoms with Crippen molar-refractivity contribution in [2.45, 2.75) is 65.6 Å². The minimum Gasteiger partial charge on any atom is -0.465 e. The lowest BCUT2D eigenvalue weighted by Crippen LogP contribution is -2.59. The van der Waals surface area contributed by atoms with Gasteiger partial charge >= 0.3 is 6.09 Å². The number of anilines is 1. The molecule has 0 radical (unpaired) electrons. The number of carboxylic acid groups (broad SMARTS) is 1. The number of nitrogens with one attached hydrogen (secondary N) is 2. The Labute approximate surface area is 209 Å². The van der Waals surface area contributed by atoms with E-state index in [9.17, 15) is 19.5 Å². The third-order valence-electron chi connectivity index (χ3n) is 6.23. The van der Waals surface area contributed by atoms with Crippen molar-refractivity contribution in [2.24, 2.45) is 5.41 Å². The Hall–Kier alpha value is -4.02. The molecule has 0 saturated heterocycles. The fraction of sp³-hybridized carbons (Fsp3) is 0.440. The maximum atomic E-state index is 13.5. The number of carbonyl (C=O) groups is 3. The quantitative estimate of drug-likeness (QED) is 0.324. The van der Waals surface area contributed by atoms with Gasteiger partial charge < -0.3 is 10.4 Å². The molecule has 3 heterocycles. The molecule has 0 fully saturated rings. The number of H-pyrrole nitrogens is 1. The summed E-state index contributed by atoms with van der Waals surface area (Å²) in [7, 11) is 0. The normalized spacial score (nSPS) is 13.1. The Morgan fingerprint density at radius 2 is 1.86 bits per heavy atom. The number of Topliss-reactive ketones (excluding diaryl/α,β-unsaturated/α-hetero) is 1. The van der Waals surface area contributed by atoms with Crippen LogP contribution >= 0.6 is 0 Å². The molecular formula is C25H33N7O4. The number of rotatable bonds is 12. The second kappa shape index (κ2) is 11.6. The third kappa shape index (κ3) is 6.15. The van der Waals surface area contributed by atoms with Gasteiger partial charge in [-0.3, -0.25) is 29.3 Å². The van der Waals surface area contributed by atoms with Crippen molar-refractivity contribution in [2.75, 3.05) is 5.32 Å². The number of pyridine rings is 1. The van der Waals surface area contributed by atoms with Crippen molar-refractivity contribution in [1.29, 1.82) is 0 Å². The molecule has 3 N–H and O–H groups in total. The largest absolute Gasteiger partial charge is 0.465 e. The van der Waals surface area contributed by atoms with E-state index in [-0.39, 0.29) is 12.4 Å². The number of carbonyl (C=O) groups excluding carboxylic acids is 2. The molecule has 3 aromatic heterocycles. The standard InChI is InChI=1S/C25H33N7O4/c1-5-11-25(3,4)22(21(33)23(34)28-20-9-14-27-29-20)32(24(35)36)18(6-2)16-31-15-10-19(30-31)17-7-12-26-13-8-17/h7-10,12-15,18,22H,5-6,11,16H2,1-4H3,(H,35,36)(H2,27,28,29,34)/t18-,22+/m0/s1. The van der Waals surface area contributed by atoms with E-state index in [4.69, 9.17) is 0 Å². The van der Waals surface area contributed by atoms with Gasteiger partial charge in [0.2, 0.25) is 5.78 Å². The first kappa shape index (κ1) is 26.6. The fourth-order valence-electron chi connectivity index (χ4n) is 4.52. The summed E-state index contributed by atoms with van der Waals surface area (Å²) in [4.78, 5) is 44.2. The summed E-state index contributed by atoms with van der Waals surface area (Å²) in [6.45, 7) is 7.68. The van der Waals surface area contributed by atoms with E-state index in [1.807, 2.05) is 45.9 Å². The van der Waals surface area contributed by atoms with Crippen LogP contribution in [-0.4, -0.2) is 64.8 Å². The second-order valence-electron chi connectivity index (χ2n) is 9.34. The Morgan fingerprint density at radius 3 is 2.44 bits per heavy atom. The van der Waals surface area contributed by atoms with E-state index in [1.54, 1.807) is 23.3 Å². The number of aromatic amines is 1. The van der Waals surface area contributed by atoms with Gasteiger partial charge in [-0.1, -0.05) is 34.1 Å². The lowest BCUT2D eigenvalue weighted by Gasteiger charge is -2.42. The van der Waals surface area contributed by atoms with E-state index in [2.05, 4.69) is 25.6 Å². The molecule has 0 spiro atoms. The summed E-state index contributed by atoms with van der Waals surface area (Å²) in [6.07, 6.45) is 7.00. The molecule has 0 bridgehead atoms. The van der Waals surface area contributed by atoms with Gasteiger partial charge in [-0.25, -0.2) is 4.79 Å². The van der Waals surface area contributed by atoms with Crippen LogP contribution in [0.1, 0.15) is 47.0 Å². The Morgan fingerprint density at radius 1 is 1.14 bits per heavy atom. The molecule has 0 saturated carbocycles. The minimum absolute atomic E-state index is 0.224. The van der Waals surface area contributed by atoms with E-state index in [1.165, 1.54) is 12.3 Å². The summed E-state index contributed by atoms with van der Waals surface area (Å²) in [6, 6.07) is 5.24. The number of nitrogens with zero attached hydrogens (tertiary/aromatic N) is 5. The molecule has 0 unspecified atom stereocenters. The number of hydrogen-bond acceptors (Lipinski definition) is 6. The Balaban J connectivity index is 1.92. The van der Waals surface area contributed by atoms with Gasteiger partial charge in [0.15, 0.2) is 0 Å². The summed E-state index contributed by atoms with van der Waals surface area (Å²) in [5.41, 5.74) is 0.821. The molecule has 3 aromatic rings. The van der Waals surface area contributed by atoms with E-state index in [0.29, 0.717) is 12.8 Å². The highest BCUT2D eigenvalue weighted by molar-refractivity contribution is 6.42. The van der Waals surface area contributed by atoms with Crippen molar-refractivity contribution in [3.05, 3.63) is 49.1 Å². The highest BCUT2D eigenvalue weighted by atomic mass is 16.4. The van der Waals surface area contributed by atoms with Crippen molar-refractivity contribution in [1.82, 2.24) is 29.9 Å². The van der Waals surface area contributed by atoms with Crippen LogP contribution in [0.15, 0.2) is 49.1 Å². The van der Waals surface area contributed by atoms with Crippen LogP contribution in [0.5, 0.6) is 0 Å². The zero-order valence-corrected chi connectivity index (χ0v) is 21.0. The molecule has 2 atom stereocenters. The molecule has 0 aromatic carbocycles. The zero-order chi connectivity index (χ0) is 26.3. The first-order valence-corrected chi connectivity index (χ1v) is 12.0. The average molecular weight is 496 g/mol. The van der Waals surface area contributed by atoms with Gasteiger partial charge in [-0.05, 0) is 36.5 Å². The maximum Gasteiger partial charge on any atom is 0.408 e. The summed E-state index contributed by atoms with van der Waals surface area (Å²) >= 11 is 0. The van der Waals surface area contributed by atoms with Gasteiger partial charge in [0, 0.05) is 30.2 Å². The molecule has 2 amide bonds. The summed E-state index contributed by atoms with van der Waals surface area (Å²) in [5, 5.41) is 23.7. The number of aromatic nitrogens is 5. The first-order valence-electron chi connectivity index (χ1n) is 12.0. The molecule has 0 aliphatic rings. The van der Waals surface area contributed by atoms with Crippen LogP contribution in [0.3, 0.4) is 0 Å². The molecule has 36 heavy (non-hydrogen) atoms. The van der Waals surface area contributed by atoms with Crippen LogP contribution in [0, 0.1) is 5.41 Å². The average Bonchev–Trinajstić information content (AvgIpc) is 3.53. The molecule has 11 nitrogen and oxygen atoms in total. The minimum atomic E-state index is -1.26. The predicted molar refractivity (Wildman–Crippen MR) is 134 cm³/mol. The number of ketones is 1. The van der Waals surface area contributed by atoms with Gasteiger partial charge in [0.1, 0.15) is 11.9 Å². The monoisotopic (exact) mass is 495 g/mol. The highest BCUT2D eigenvalue weighted by Gasteiger charge is 2.46. The molecule has 0 aliphatic carbocycles. The van der Waals surface area contributed by atoms with Gasteiger partial charge in [-0.2, -0.15) is 10.2 Å². The Kier molecular flexibility index (Phi) is 8.57. The topological polar surface area (TPSA) is 146 Å². The van der Waals surface area contributed by atoms with Gasteiger partial charge in [-0.15, -0.1) is 0 Å². The van der Waals surface area contributed by atoms with Crippen molar-refractivity contribution in [3.8, 4) is 11.3 Å². The smallest absolute Gasteiger partial charge is 0.408 e. The molecule has 11 heteroatoms. The molecular weight excluding hydrogens is 462 g/mol. The molecule has 192 valence electrons.